The molecule has 7 heteroatoms. The second kappa shape index (κ2) is 7.82. The minimum Gasteiger partial charge on any atom is -0.343 e. The largest absolute Gasteiger partial charge is 0.416 e. The molecule has 2 amide bonds. The Morgan fingerprint density at radius 1 is 0.926 bits per heavy atom. The van der Waals surface area contributed by atoms with E-state index in [0.717, 1.165) is 17.7 Å². The predicted octanol–water partition coefficient (Wildman–Crippen LogP) is 4.37. The summed E-state index contributed by atoms with van der Waals surface area (Å²) in [5, 5.41) is 4.79. The van der Waals surface area contributed by atoms with Crippen molar-refractivity contribution in [3.05, 3.63) is 65.2 Å². The SMILES string of the molecule is CC(C)(C)c1ccc(C(=O)NCC(=O)Nc2cccc(C(F)(F)F)c2)cc1. The summed E-state index contributed by atoms with van der Waals surface area (Å²) in [6.45, 7) is 5.82. The Labute approximate surface area is 155 Å². The molecule has 0 saturated heterocycles. The molecule has 0 spiro atoms. The lowest BCUT2D eigenvalue weighted by molar-refractivity contribution is -0.137. The van der Waals surface area contributed by atoms with Gasteiger partial charge in [-0.3, -0.25) is 9.59 Å². The van der Waals surface area contributed by atoms with Crippen molar-refractivity contribution < 1.29 is 22.8 Å². The lowest BCUT2D eigenvalue weighted by Crippen LogP contribution is -2.32. The average Bonchev–Trinajstić information content (AvgIpc) is 2.58. The molecule has 2 aromatic carbocycles. The smallest absolute Gasteiger partial charge is 0.343 e. The maximum absolute atomic E-state index is 12.7. The van der Waals surface area contributed by atoms with E-state index in [-0.39, 0.29) is 17.6 Å². The van der Waals surface area contributed by atoms with Gasteiger partial charge >= 0.3 is 6.18 Å². The Bertz CT molecular complexity index is 822. The van der Waals surface area contributed by atoms with E-state index in [1.54, 1.807) is 12.1 Å². The van der Waals surface area contributed by atoms with Crippen LogP contribution in [0.1, 0.15) is 42.3 Å². The molecule has 0 aliphatic heterocycles. The van der Waals surface area contributed by atoms with Crippen LogP contribution in [0.3, 0.4) is 0 Å². The molecule has 144 valence electrons. The van der Waals surface area contributed by atoms with E-state index in [4.69, 9.17) is 0 Å². The Hall–Kier alpha value is -2.83. The molecule has 0 heterocycles. The molecule has 0 fully saturated rings. The molecule has 2 rings (SSSR count). The van der Waals surface area contributed by atoms with Crippen molar-refractivity contribution in [3.63, 3.8) is 0 Å². The van der Waals surface area contributed by atoms with Gasteiger partial charge in [-0.05, 0) is 41.3 Å². The normalized spacial score (nSPS) is 11.8. The zero-order valence-electron chi connectivity index (χ0n) is 15.3. The first-order valence-corrected chi connectivity index (χ1v) is 8.33. The number of anilines is 1. The van der Waals surface area contributed by atoms with Crippen LogP contribution in [0.15, 0.2) is 48.5 Å². The van der Waals surface area contributed by atoms with Gasteiger partial charge in [0.15, 0.2) is 0 Å². The maximum atomic E-state index is 12.7. The minimum atomic E-state index is -4.49. The highest BCUT2D eigenvalue weighted by atomic mass is 19.4. The number of carbonyl (C=O) groups excluding carboxylic acids is 2. The predicted molar refractivity (Wildman–Crippen MR) is 97.5 cm³/mol. The number of alkyl halides is 3. The quantitative estimate of drug-likeness (QED) is 0.830. The van der Waals surface area contributed by atoms with E-state index in [0.29, 0.717) is 5.56 Å². The summed E-state index contributed by atoms with van der Waals surface area (Å²) in [6, 6.07) is 11.3. The van der Waals surface area contributed by atoms with E-state index in [2.05, 4.69) is 31.4 Å². The fraction of sp³-hybridized carbons (Fsp3) is 0.300. The average molecular weight is 378 g/mol. The van der Waals surface area contributed by atoms with Crippen molar-refractivity contribution in [2.75, 3.05) is 11.9 Å². The summed E-state index contributed by atoms with van der Waals surface area (Å²) in [4.78, 5) is 24.0. The third kappa shape index (κ3) is 5.84. The number of carbonyl (C=O) groups is 2. The highest BCUT2D eigenvalue weighted by molar-refractivity contribution is 5.99. The number of benzene rings is 2. The van der Waals surface area contributed by atoms with Gasteiger partial charge in [0, 0.05) is 11.3 Å². The highest BCUT2D eigenvalue weighted by Crippen LogP contribution is 2.30. The van der Waals surface area contributed by atoms with E-state index in [1.807, 2.05) is 12.1 Å². The first-order chi connectivity index (χ1) is 12.5. The molecular formula is C20H21F3N2O2. The molecule has 2 N–H and O–H groups in total. The van der Waals surface area contributed by atoms with E-state index in [1.165, 1.54) is 12.1 Å². The van der Waals surface area contributed by atoms with Crippen LogP contribution in [0.2, 0.25) is 0 Å². The molecular weight excluding hydrogens is 357 g/mol. The second-order valence-corrected chi connectivity index (χ2v) is 7.14. The lowest BCUT2D eigenvalue weighted by Gasteiger charge is -2.19. The van der Waals surface area contributed by atoms with Crippen molar-refractivity contribution in [3.8, 4) is 0 Å². The number of amides is 2. The van der Waals surface area contributed by atoms with Crippen LogP contribution >= 0.6 is 0 Å². The summed E-state index contributed by atoms with van der Waals surface area (Å²) in [5.74, 6) is -1.05. The van der Waals surface area contributed by atoms with Crippen LogP contribution in [0, 0.1) is 0 Å². The molecule has 0 bridgehead atoms. The number of halogens is 3. The topological polar surface area (TPSA) is 58.2 Å². The van der Waals surface area contributed by atoms with Crippen LogP contribution in [-0.2, 0) is 16.4 Å². The van der Waals surface area contributed by atoms with Crippen molar-refractivity contribution in [1.82, 2.24) is 5.32 Å². The first kappa shape index (κ1) is 20.5. The summed E-state index contributed by atoms with van der Waals surface area (Å²) in [5.41, 5.74) is 0.581. The van der Waals surface area contributed by atoms with E-state index >= 15 is 0 Å². The summed E-state index contributed by atoms with van der Waals surface area (Å²) in [7, 11) is 0. The van der Waals surface area contributed by atoms with E-state index < -0.39 is 23.6 Å². The molecule has 0 unspecified atom stereocenters. The molecule has 0 atom stereocenters. The lowest BCUT2D eigenvalue weighted by atomic mass is 9.87. The zero-order chi connectivity index (χ0) is 20.2. The van der Waals surface area contributed by atoms with Crippen LogP contribution in [-0.4, -0.2) is 18.4 Å². The minimum absolute atomic E-state index is 0.0126. The van der Waals surface area contributed by atoms with Crippen LogP contribution in [0.25, 0.3) is 0 Å². The molecule has 0 radical (unpaired) electrons. The third-order valence-corrected chi connectivity index (χ3v) is 3.90. The first-order valence-electron chi connectivity index (χ1n) is 8.33. The molecule has 4 nitrogen and oxygen atoms in total. The van der Waals surface area contributed by atoms with Crippen molar-refractivity contribution >= 4 is 17.5 Å². The summed E-state index contributed by atoms with van der Waals surface area (Å²) in [6.07, 6.45) is -4.49. The van der Waals surface area contributed by atoms with Gasteiger partial charge in [-0.25, -0.2) is 0 Å². The number of hydrogen-bond donors (Lipinski definition) is 2. The van der Waals surface area contributed by atoms with Crippen molar-refractivity contribution in [2.24, 2.45) is 0 Å². The highest BCUT2D eigenvalue weighted by Gasteiger charge is 2.30. The van der Waals surface area contributed by atoms with Crippen LogP contribution in [0.5, 0.6) is 0 Å². The third-order valence-electron chi connectivity index (χ3n) is 3.90. The molecule has 0 aliphatic rings. The van der Waals surface area contributed by atoms with Crippen LogP contribution in [0.4, 0.5) is 18.9 Å². The van der Waals surface area contributed by atoms with Gasteiger partial charge in [0.25, 0.3) is 5.91 Å². The van der Waals surface area contributed by atoms with Gasteiger partial charge < -0.3 is 10.6 Å². The van der Waals surface area contributed by atoms with Gasteiger partial charge in [-0.1, -0.05) is 39.0 Å². The summed E-state index contributed by atoms with van der Waals surface area (Å²) >= 11 is 0. The molecule has 0 aliphatic carbocycles. The molecule has 0 saturated carbocycles. The van der Waals surface area contributed by atoms with Gasteiger partial charge in [0.05, 0.1) is 12.1 Å². The van der Waals surface area contributed by atoms with Crippen molar-refractivity contribution in [1.29, 1.82) is 0 Å². The Morgan fingerprint density at radius 2 is 1.56 bits per heavy atom. The van der Waals surface area contributed by atoms with Gasteiger partial charge in [-0.2, -0.15) is 13.2 Å². The fourth-order valence-electron chi connectivity index (χ4n) is 2.36. The van der Waals surface area contributed by atoms with Crippen LogP contribution < -0.4 is 10.6 Å². The Morgan fingerprint density at radius 3 is 2.11 bits per heavy atom. The number of nitrogens with one attached hydrogen (secondary N) is 2. The zero-order valence-corrected chi connectivity index (χ0v) is 15.3. The Kier molecular flexibility index (Phi) is 5.93. The fourth-order valence-corrected chi connectivity index (χ4v) is 2.36. The van der Waals surface area contributed by atoms with Gasteiger partial charge in [0.2, 0.25) is 5.91 Å². The van der Waals surface area contributed by atoms with Gasteiger partial charge in [-0.15, -0.1) is 0 Å². The second-order valence-electron chi connectivity index (χ2n) is 7.14. The van der Waals surface area contributed by atoms with Gasteiger partial charge in [0.1, 0.15) is 0 Å². The molecule has 27 heavy (non-hydrogen) atoms. The summed E-state index contributed by atoms with van der Waals surface area (Å²) < 4.78 is 38.0. The van der Waals surface area contributed by atoms with Crippen molar-refractivity contribution in [2.45, 2.75) is 32.4 Å². The molecule has 2 aromatic rings. The monoisotopic (exact) mass is 378 g/mol. The standard InChI is InChI=1S/C20H21F3N2O2/c1-19(2,3)14-9-7-13(8-10-14)18(27)24-12-17(26)25-16-6-4-5-15(11-16)20(21,22)23/h4-11H,12H2,1-3H3,(H,24,27)(H,25,26). The maximum Gasteiger partial charge on any atom is 0.416 e. The molecule has 0 aromatic heterocycles. The number of rotatable bonds is 4. The number of hydrogen-bond acceptors (Lipinski definition) is 2. The Balaban J connectivity index is 1.93. The van der Waals surface area contributed by atoms with E-state index in [9.17, 15) is 22.8 Å².